The number of amides is 2. The van der Waals surface area contributed by atoms with Gasteiger partial charge in [0.05, 0.1) is 12.6 Å². The summed E-state index contributed by atoms with van der Waals surface area (Å²) in [5, 5.41) is 13.3. The second-order valence-corrected chi connectivity index (χ2v) is 5.29. The molecule has 1 unspecified atom stereocenters. The van der Waals surface area contributed by atoms with Gasteiger partial charge in [-0.1, -0.05) is 0 Å². The van der Waals surface area contributed by atoms with Crippen LogP contribution in [0.2, 0.25) is 0 Å². The van der Waals surface area contributed by atoms with E-state index < -0.39 is 0 Å². The summed E-state index contributed by atoms with van der Waals surface area (Å²) >= 11 is 0. The van der Waals surface area contributed by atoms with Crippen LogP contribution in [0.15, 0.2) is 24.5 Å². The van der Waals surface area contributed by atoms with E-state index in [0.29, 0.717) is 36.2 Å². The van der Waals surface area contributed by atoms with E-state index in [-0.39, 0.29) is 18.9 Å². The first-order chi connectivity index (χ1) is 11.6. The molecule has 2 amide bonds. The Kier molecular flexibility index (Phi) is 4.69. The van der Waals surface area contributed by atoms with E-state index >= 15 is 0 Å². The minimum Gasteiger partial charge on any atom is -0.492 e. The van der Waals surface area contributed by atoms with Crippen LogP contribution >= 0.6 is 0 Å². The Bertz CT molecular complexity index is 718. The van der Waals surface area contributed by atoms with Crippen LogP contribution < -0.4 is 24.8 Å². The first-order valence-electron chi connectivity index (χ1n) is 7.54. The first kappa shape index (κ1) is 15.9. The van der Waals surface area contributed by atoms with Gasteiger partial charge >= 0.3 is 6.03 Å². The van der Waals surface area contributed by atoms with Crippen LogP contribution in [0.3, 0.4) is 0 Å². The van der Waals surface area contributed by atoms with Crippen molar-refractivity contribution in [1.82, 2.24) is 25.4 Å². The molecule has 3 rings (SSSR count). The van der Waals surface area contributed by atoms with Crippen molar-refractivity contribution in [2.24, 2.45) is 7.05 Å². The monoisotopic (exact) mass is 333 g/mol. The second kappa shape index (κ2) is 7.07. The van der Waals surface area contributed by atoms with E-state index in [4.69, 9.17) is 14.2 Å². The van der Waals surface area contributed by atoms with E-state index in [1.807, 2.05) is 14.0 Å². The zero-order valence-corrected chi connectivity index (χ0v) is 13.5. The number of benzene rings is 1. The van der Waals surface area contributed by atoms with Crippen molar-refractivity contribution < 1.29 is 19.0 Å². The van der Waals surface area contributed by atoms with Crippen LogP contribution in [0, 0.1) is 0 Å². The Morgan fingerprint density at radius 2 is 2.25 bits per heavy atom. The largest absolute Gasteiger partial charge is 0.492 e. The molecule has 0 bridgehead atoms. The molecule has 1 aliphatic heterocycles. The predicted molar refractivity (Wildman–Crippen MR) is 84.0 cm³/mol. The maximum atomic E-state index is 11.9. The van der Waals surface area contributed by atoms with Crippen molar-refractivity contribution in [2.45, 2.75) is 13.0 Å². The van der Waals surface area contributed by atoms with Gasteiger partial charge in [0.1, 0.15) is 18.7 Å². The molecule has 2 N–H and O–H groups in total. The van der Waals surface area contributed by atoms with Crippen molar-refractivity contribution in [2.75, 3.05) is 19.9 Å². The Labute approximate surface area is 138 Å². The molecular weight excluding hydrogens is 314 g/mol. The van der Waals surface area contributed by atoms with Crippen LogP contribution in [-0.2, 0) is 7.05 Å². The molecule has 9 nitrogen and oxygen atoms in total. The van der Waals surface area contributed by atoms with Crippen molar-refractivity contribution in [1.29, 1.82) is 0 Å². The van der Waals surface area contributed by atoms with Crippen LogP contribution in [0.25, 0.3) is 0 Å². The lowest BCUT2D eigenvalue weighted by atomic mass is 10.3. The summed E-state index contributed by atoms with van der Waals surface area (Å²) in [4.78, 5) is 11.9. The zero-order chi connectivity index (χ0) is 16.9. The minimum absolute atomic E-state index is 0.226. The standard InChI is InChI=1S/C15H19N5O4/c1-10(14-19-17-8-20(14)2)18-15(21)16-5-6-22-11-3-4-12-13(7-11)24-9-23-12/h3-4,7-8,10H,5-6,9H2,1-2H3,(H2,16,18,21). The number of hydrogen-bond donors (Lipinski definition) is 2. The predicted octanol–water partition coefficient (Wildman–Crippen LogP) is 0.983. The number of rotatable bonds is 6. The maximum Gasteiger partial charge on any atom is 0.315 e. The SMILES string of the molecule is CC(NC(=O)NCCOc1ccc2c(c1)OCO2)c1nncn1C. The zero-order valence-electron chi connectivity index (χ0n) is 13.5. The Hall–Kier alpha value is -2.97. The number of nitrogens with zero attached hydrogens (tertiary/aromatic N) is 3. The molecule has 0 saturated carbocycles. The number of aryl methyl sites for hydroxylation is 1. The Morgan fingerprint density at radius 3 is 3.04 bits per heavy atom. The maximum absolute atomic E-state index is 11.9. The summed E-state index contributed by atoms with van der Waals surface area (Å²) in [7, 11) is 1.82. The van der Waals surface area contributed by atoms with Gasteiger partial charge in [0, 0.05) is 13.1 Å². The molecule has 0 saturated heterocycles. The summed E-state index contributed by atoms with van der Waals surface area (Å²) in [6.45, 7) is 2.77. The molecule has 0 fully saturated rings. The van der Waals surface area contributed by atoms with Crippen LogP contribution in [0.1, 0.15) is 18.8 Å². The van der Waals surface area contributed by atoms with Crippen molar-refractivity contribution in [3.05, 3.63) is 30.4 Å². The fraction of sp³-hybridized carbons (Fsp3) is 0.400. The number of aromatic nitrogens is 3. The topological polar surface area (TPSA) is 99.5 Å². The molecule has 1 aromatic heterocycles. The van der Waals surface area contributed by atoms with E-state index in [1.165, 1.54) is 0 Å². The van der Waals surface area contributed by atoms with E-state index in [9.17, 15) is 4.79 Å². The molecule has 9 heteroatoms. The van der Waals surface area contributed by atoms with Gasteiger partial charge in [-0.2, -0.15) is 0 Å². The highest BCUT2D eigenvalue weighted by atomic mass is 16.7. The fourth-order valence-electron chi connectivity index (χ4n) is 2.30. The van der Waals surface area contributed by atoms with Crippen LogP contribution in [-0.4, -0.2) is 40.7 Å². The summed E-state index contributed by atoms with van der Waals surface area (Å²) in [5.41, 5.74) is 0. The third-order valence-corrected chi connectivity index (χ3v) is 3.48. The number of urea groups is 1. The van der Waals surface area contributed by atoms with Gasteiger partial charge in [0.2, 0.25) is 6.79 Å². The minimum atomic E-state index is -0.292. The Morgan fingerprint density at radius 1 is 1.42 bits per heavy atom. The molecule has 1 aliphatic rings. The fourth-order valence-corrected chi connectivity index (χ4v) is 2.30. The summed E-state index contributed by atoms with van der Waals surface area (Å²) in [5.74, 6) is 2.71. The molecule has 24 heavy (non-hydrogen) atoms. The number of hydrogen-bond acceptors (Lipinski definition) is 6. The third kappa shape index (κ3) is 3.67. The molecule has 1 aromatic carbocycles. The molecule has 2 heterocycles. The summed E-state index contributed by atoms with van der Waals surface area (Å²) < 4.78 is 17.8. The van der Waals surface area contributed by atoms with Crippen molar-refractivity contribution in [3.63, 3.8) is 0 Å². The molecule has 0 aliphatic carbocycles. The lowest BCUT2D eigenvalue weighted by Gasteiger charge is -2.14. The number of nitrogens with one attached hydrogen (secondary N) is 2. The van der Waals surface area contributed by atoms with Gasteiger partial charge in [-0.15, -0.1) is 10.2 Å². The van der Waals surface area contributed by atoms with Gasteiger partial charge in [-0.3, -0.25) is 0 Å². The average Bonchev–Trinajstić information content (AvgIpc) is 3.19. The van der Waals surface area contributed by atoms with E-state index in [1.54, 1.807) is 29.1 Å². The highest BCUT2D eigenvalue weighted by Crippen LogP contribution is 2.34. The lowest BCUT2D eigenvalue weighted by Crippen LogP contribution is -2.39. The van der Waals surface area contributed by atoms with Crippen molar-refractivity contribution >= 4 is 6.03 Å². The molecular formula is C15H19N5O4. The summed E-state index contributed by atoms with van der Waals surface area (Å²) in [6.07, 6.45) is 1.59. The van der Waals surface area contributed by atoms with Gasteiger partial charge < -0.3 is 29.4 Å². The smallest absolute Gasteiger partial charge is 0.315 e. The second-order valence-electron chi connectivity index (χ2n) is 5.29. The van der Waals surface area contributed by atoms with E-state index in [0.717, 1.165) is 0 Å². The van der Waals surface area contributed by atoms with Gasteiger partial charge in [-0.05, 0) is 19.1 Å². The van der Waals surface area contributed by atoms with Gasteiger partial charge in [0.15, 0.2) is 17.3 Å². The van der Waals surface area contributed by atoms with Crippen LogP contribution in [0.4, 0.5) is 4.79 Å². The number of carbonyl (C=O) groups is 1. The lowest BCUT2D eigenvalue weighted by molar-refractivity contribution is 0.173. The van der Waals surface area contributed by atoms with Gasteiger partial charge in [-0.25, -0.2) is 4.79 Å². The van der Waals surface area contributed by atoms with Crippen LogP contribution in [0.5, 0.6) is 17.2 Å². The third-order valence-electron chi connectivity index (χ3n) is 3.48. The number of carbonyl (C=O) groups excluding carboxylic acids is 1. The first-order valence-corrected chi connectivity index (χ1v) is 7.54. The quantitative estimate of drug-likeness (QED) is 0.765. The Balaban J connectivity index is 1.38. The number of fused-ring (bicyclic) bond motifs is 1. The molecule has 0 spiro atoms. The molecule has 128 valence electrons. The number of ether oxygens (including phenoxy) is 3. The summed E-state index contributed by atoms with van der Waals surface area (Å²) in [6, 6.07) is 4.81. The highest BCUT2D eigenvalue weighted by Gasteiger charge is 2.15. The molecule has 0 radical (unpaired) electrons. The van der Waals surface area contributed by atoms with Gasteiger partial charge in [0.25, 0.3) is 0 Å². The van der Waals surface area contributed by atoms with Crippen molar-refractivity contribution in [3.8, 4) is 17.2 Å². The highest BCUT2D eigenvalue weighted by molar-refractivity contribution is 5.74. The average molecular weight is 333 g/mol. The molecule has 2 aromatic rings. The normalized spacial score (nSPS) is 13.4. The van der Waals surface area contributed by atoms with E-state index in [2.05, 4.69) is 20.8 Å². The molecule has 1 atom stereocenters.